The number of para-hydroxylation sites is 1. The number of aromatic nitrogens is 1. The summed E-state index contributed by atoms with van der Waals surface area (Å²) in [7, 11) is 0. The first-order valence-corrected chi connectivity index (χ1v) is 7.65. The van der Waals surface area contributed by atoms with E-state index in [2.05, 4.69) is 10.3 Å². The highest BCUT2D eigenvalue weighted by Crippen LogP contribution is 2.30. The van der Waals surface area contributed by atoms with Crippen LogP contribution in [0.25, 0.3) is 0 Å². The molecule has 132 valence electrons. The van der Waals surface area contributed by atoms with Gasteiger partial charge in [-0.15, -0.1) is 0 Å². The zero-order chi connectivity index (χ0) is 18.7. The highest BCUT2D eigenvalue weighted by Gasteiger charge is 2.30. The highest BCUT2D eigenvalue weighted by molar-refractivity contribution is 6.12. The Morgan fingerprint density at radius 2 is 1.65 bits per heavy atom. The van der Waals surface area contributed by atoms with Crippen LogP contribution in [0.3, 0.4) is 0 Å². The molecule has 7 heteroatoms. The lowest BCUT2D eigenvalue weighted by Gasteiger charge is -2.12. The lowest BCUT2D eigenvalue weighted by molar-refractivity contribution is -0.137. The van der Waals surface area contributed by atoms with Crippen molar-refractivity contribution in [3.05, 3.63) is 83.6 Å². The predicted octanol–water partition coefficient (Wildman–Crippen LogP) is 4.66. The molecule has 0 aliphatic rings. The minimum atomic E-state index is -4.45. The molecule has 0 atom stereocenters. The number of nitrogens with zero attached hydrogens (tertiary/aromatic N) is 1. The summed E-state index contributed by atoms with van der Waals surface area (Å²) in [5.41, 5.74) is 6.37. The molecule has 0 saturated carbocycles. The van der Waals surface area contributed by atoms with Gasteiger partial charge in [0, 0.05) is 17.3 Å². The topological polar surface area (TPSA) is 68.0 Å². The third kappa shape index (κ3) is 3.66. The van der Waals surface area contributed by atoms with Gasteiger partial charge in [0.25, 0.3) is 0 Å². The van der Waals surface area contributed by atoms with E-state index in [1.165, 1.54) is 0 Å². The van der Waals surface area contributed by atoms with Crippen molar-refractivity contribution in [3.63, 3.8) is 0 Å². The van der Waals surface area contributed by atoms with Crippen molar-refractivity contribution in [1.82, 2.24) is 4.98 Å². The minimum Gasteiger partial charge on any atom is -0.396 e. The smallest absolute Gasteiger partial charge is 0.396 e. The van der Waals surface area contributed by atoms with Crippen molar-refractivity contribution in [2.75, 3.05) is 11.1 Å². The Hall–Kier alpha value is -3.35. The van der Waals surface area contributed by atoms with Crippen LogP contribution >= 0.6 is 0 Å². The van der Waals surface area contributed by atoms with Crippen LogP contribution in [0.15, 0.2) is 66.9 Å². The first-order chi connectivity index (χ1) is 12.4. The normalized spacial score (nSPS) is 11.2. The second-order valence-electron chi connectivity index (χ2n) is 5.52. The molecule has 1 heterocycles. The molecule has 26 heavy (non-hydrogen) atoms. The van der Waals surface area contributed by atoms with Gasteiger partial charge in [-0.1, -0.05) is 24.3 Å². The Morgan fingerprint density at radius 3 is 2.31 bits per heavy atom. The largest absolute Gasteiger partial charge is 0.416 e. The number of nitrogens with one attached hydrogen (secondary N) is 1. The standard InChI is InChI=1S/C19H14F3N3O/c20-19(21,22)13-9-7-12(8-10-13)17(26)14-4-1-2-6-16(14)25-18-15(23)5-3-11-24-18/h1-11H,23H2,(H,24,25). The number of carbonyl (C=O) groups is 1. The predicted molar refractivity (Wildman–Crippen MR) is 93.3 cm³/mol. The fraction of sp³-hybridized carbons (Fsp3) is 0.0526. The van der Waals surface area contributed by atoms with E-state index in [0.717, 1.165) is 24.3 Å². The second-order valence-corrected chi connectivity index (χ2v) is 5.52. The number of alkyl halides is 3. The lowest BCUT2D eigenvalue weighted by Crippen LogP contribution is -2.08. The average Bonchev–Trinajstić information content (AvgIpc) is 2.63. The first kappa shape index (κ1) is 17.5. The van der Waals surface area contributed by atoms with Gasteiger partial charge < -0.3 is 11.1 Å². The molecule has 0 unspecified atom stereocenters. The quantitative estimate of drug-likeness (QED) is 0.667. The Balaban J connectivity index is 1.92. The number of rotatable bonds is 4. The molecule has 3 rings (SSSR count). The van der Waals surface area contributed by atoms with Gasteiger partial charge >= 0.3 is 6.18 Å². The fourth-order valence-corrected chi connectivity index (χ4v) is 2.41. The molecule has 4 nitrogen and oxygen atoms in total. The Bertz CT molecular complexity index is 937. The number of carbonyl (C=O) groups excluding carboxylic acids is 1. The van der Waals surface area contributed by atoms with E-state index in [4.69, 9.17) is 5.73 Å². The number of pyridine rings is 1. The molecular formula is C19H14F3N3O. The van der Waals surface area contributed by atoms with Crippen molar-refractivity contribution >= 4 is 23.0 Å². The molecule has 0 aliphatic heterocycles. The minimum absolute atomic E-state index is 0.154. The van der Waals surface area contributed by atoms with Gasteiger partial charge in [-0.05, 0) is 36.4 Å². The van der Waals surface area contributed by atoms with Gasteiger partial charge in [-0.3, -0.25) is 4.79 Å². The lowest BCUT2D eigenvalue weighted by atomic mass is 10.0. The molecule has 0 radical (unpaired) electrons. The van der Waals surface area contributed by atoms with Crippen molar-refractivity contribution in [1.29, 1.82) is 0 Å². The summed E-state index contributed by atoms with van der Waals surface area (Å²) >= 11 is 0. The van der Waals surface area contributed by atoms with Crippen LogP contribution < -0.4 is 11.1 Å². The van der Waals surface area contributed by atoms with E-state index in [1.807, 2.05) is 0 Å². The van der Waals surface area contributed by atoms with Crippen LogP contribution in [0.2, 0.25) is 0 Å². The number of halogens is 3. The molecule has 0 aliphatic carbocycles. The van der Waals surface area contributed by atoms with Gasteiger partial charge in [-0.2, -0.15) is 13.2 Å². The Labute approximate surface area is 147 Å². The maximum Gasteiger partial charge on any atom is 0.416 e. The number of nitrogen functional groups attached to an aromatic ring is 1. The van der Waals surface area contributed by atoms with Gasteiger partial charge in [-0.25, -0.2) is 4.98 Å². The molecule has 3 aromatic rings. The fourth-order valence-electron chi connectivity index (χ4n) is 2.41. The zero-order valence-corrected chi connectivity index (χ0v) is 13.4. The summed E-state index contributed by atoms with van der Waals surface area (Å²) < 4.78 is 38.0. The van der Waals surface area contributed by atoms with Crippen molar-refractivity contribution in [2.45, 2.75) is 6.18 Å². The third-order valence-electron chi connectivity index (χ3n) is 3.74. The molecular weight excluding hydrogens is 343 g/mol. The number of nitrogens with two attached hydrogens (primary N) is 1. The van der Waals surface area contributed by atoms with Gasteiger partial charge in [0.2, 0.25) is 0 Å². The summed E-state index contributed by atoms with van der Waals surface area (Å²) in [4.78, 5) is 16.8. The molecule has 3 N–H and O–H groups in total. The van der Waals surface area contributed by atoms with E-state index in [1.54, 1.807) is 42.6 Å². The van der Waals surface area contributed by atoms with E-state index < -0.39 is 17.5 Å². The summed E-state index contributed by atoms with van der Waals surface area (Å²) in [6, 6.07) is 14.1. The van der Waals surface area contributed by atoms with Gasteiger partial charge in [0.1, 0.15) is 0 Å². The molecule has 0 fully saturated rings. The van der Waals surface area contributed by atoms with Gasteiger partial charge in [0.05, 0.1) is 16.9 Å². The van der Waals surface area contributed by atoms with E-state index in [9.17, 15) is 18.0 Å². The van der Waals surface area contributed by atoms with Crippen LogP contribution in [0, 0.1) is 0 Å². The van der Waals surface area contributed by atoms with Crippen molar-refractivity contribution in [3.8, 4) is 0 Å². The summed E-state index contributed by atoms with van der Waals surface area (Å²) in [5, 5.41) is 2.99. The van der Waals surface area contributed by atoms with Crippen LogP contribution in [0.4, 0.5) is 30.4 Å². The molecule has 0 spiro atoms. The zero-order valence-electron chi connectivity index (χ0n) is 13.4. The highest BCUT2D eigenvalue weighted by atomic mass is 19.4. The number of benzene rings is 2. The van der Waals surface area contributed by atoms with Crippen LogP contribution in [-0.4, -0.2) is 10.8 Å². The maximum atomic E-state index is 12.7. The summed E-state index contributed by atoms with van der Waals surface area (Å²) in [6.45, 7) is 0. The number of hydrogen-bond donors (Lipinski definition) is 2. The van der Waals surface area contributed by atoms with E-state index in [0.29, 0.717) is 22.8 Å². The molecule has 0 bridgehead atoms. The summed E-state index contributed by atoms with van der Waals surface area (Å²) in [5.74, 6) is -0.0171. The van der Waals surface area contributed by atoms with Crippen molar-refractivity contribution < 1.29 is 18.0 Å². The van der Waals surface area contributed by atoms with Crippen LogP contribution in [0.1, 0.15) is 21.5 Å². The number of hydrogen-bond acceptors (Lipinski definition) is 4. The Kier molecular flexibility index (Phi) is 4.62. The number of anilines is 3. The van der Waals surface area contributed by atoms with Crippen molar-refractivity contribution in [2.24, 2.45) is 0 Å². The molecule has 1 aromatic heterocycles. The maximum absolute atomic E-state index is 12.7. The Morgan fingerprint density at radius 1 is 0.962 bits per heavy atom. The molecule has 0 saturated heterocycles. The SMILES string of the molecule is Nc1cccnc1Nc1ccccc1C(=O)c1ccc(C(F)(F)F)cc1. The molecule has 0 amide bonds. The third-order valence-corrected chi connectivity index (χ3v) is 3.74. The first-order valence-electron chi connectivity index (χ1n) is 7.65. The monoisotopic (exact) mass is 357 g/mol. The van der Waals surface area contributed by atoms with E-state index >= 15 is 0 Å². The summed E-state index contributed by atoms with van der Waals surface area (Å²) in [6.07, 6.45) is -2.89. The van der Waals surface area contributed by atoms with E-state index in [-0.39, 0.29) is 5.56 Å². The van der Waals surface area contributed by atoms with Crippen LogP contribution in [0.5, 0.6) is 0 Å². The molecule has 2 aromatic carbocycles. The van der Waals surface area contributed by atoms with Crippen LogP contribution in [-0.2, 0) is 6.18 Å². The van der Waals surface area contributed by atoms with Gasteiger partial charge in [0.15, 0.2) is 11.6 Å². The average molecular weight is 357 g/mol. The second kappa shape index (κ2) is 6.87. The number of ketones is 1.